The topological polar surface area (TPSA) is 60.9 Å². The number of amides is 1. The van der Waals surface area contributed by atoms with Crippen LogP contribution >= 0.6 is 11.3 Å². The van der Waals surface area contributed by atoms with Gasteiger partial charge in [0.1, 0.15) is 11.9 Å². The van der Waals surface area contributed by atoms with Crippen LogP contribution in [0.2, 0.25) is 0 Å². The van der Waals surface area contributed by atoms with E-state index < -0.39 is 21.9 Å². The summed E-state index contributed by atoms with van der Waals surface area (Å²) in [5, 5.41) is 2.06. The number of nitrogens with zero attached hydrogens (tertiary/aromatic N) is 3. The summed E-state index contributed by atoms with van der Waals surface area (Å²) in [7, 11) is -3.82. The van der Waals surface area contributed by atoms with Crippen LogP contribution in [0.5, 0.6) is 0 Å². The summed E-state index contributed by atoms with van der Waals surface area (Å²) >= 11 is 1.73. The first-order chi connectivity index (χ1) is 13.9. The van der Waals surface area contributed by atoms with Gasteiger partial charge in [0.15, 0.2) is 0 Å². The quantitative estimate of drug-likeness (QED) is 0.721. The molecular weight excluding hydrogens is 413 g/mol. The van der Waals surface area contributed by atoms with E-state index in [4.69, 9.17) is 0 Å². The summed E-state index contributed by atoms with van der Waals surface area (Å²) in [5.41, 5.74) is 0. The monoisotopic (exact) mass is 437 g/mol. The van der Waals surface area contributed by atoms with E-state index in [1.807, 2.05) is 6.07 Å². The van der Waals surface area contributed by atoms with E-state index in [0.29, 0.717) is 32.5 Å². The second kappa shape index (κ2) is 8.51. The lowest BCUT2D eigenvalue weighted by Crippen LogP contribution is -2.54. The molecule has 29 heavy (non-hydrogen) atoms. The Hall–Kier alpha value is -1.81. The van der Waals surface area contributed by atoms with Crippen molar-refractivity contribution in [3.05, 3.63) is 52.5 Å². The largest absolute Gasteiger partial charge is 0.339 e. The highest BCUT2D eigenvalue weighted by atomic mass is 32.2. The number of piperazine rings is 1. The van der Waals surface area contributed by atoms with Crippen LogP contribution in [-0.4, -0.2) is 67.2 Å². The maximum atomic E-state index is 13.2. The minimum Gasteiger partial charge on any atom is -0.339 e. The van der Waals surface area contributed by atoms with Crippen molar-refractivity contribution in [2.75, 3.05) is 32.7 Å². The van der Waals surface area contributed by atoms with Gasteiger partial charge in [-0.1, -0.05) is 6.07 Å². The molecule has 3 heterocycles. The van der Waals surface area contributed by atoms with Gasteiger partial charge in [-0.3, -0.25) is 9.69 Å². The van der Waals surface area contributed by atoms with Gasteiger partial charge in [0.2, 0.25) is 15.9 Å². The maximum absolute atomic E-state index is 13.2. The molecule has 6 nitrogen and oxygen atoms in total. The van der Waals surface area contributed by atoms with Gasteiger partial charge in [-0.25, -0.2) is 12.8 Å². The van der Waals surface area contributed by atoms with Gasteiger partial charge < -0.3 is 4.90 Å². The Labute approximate surface area is 174 Å². The zero-order chi connectivity index (χ0) is 20.4. The molecule has 0 bridgehead atoms. The number of benzene rings is 1. The molecule has 1 aromatic carbocycles. The molecule has 0 radical (unpaired) electrons. The van der Waals surface area contributed by atoms with Crippen LogP contribution in [0.25, 0.3) is 0 Å². The minimum atomic E-state index is -3.82. The molecule has 4 rings (SSSR count). The lowest BCUT2D eigenvalue weighted by atomic mass is 10.2. The lowest BCUT2D eigenvalue weighted by molar-refractivity contribution is -0.136. The third kappa shape index (κ3) is 4.37. The average molecular weight is 438 g/mol. The zero-order valence-electron chi connectivity index (χ0n) is 16.0. The van der Waals surface area contributed by atoms with Crippen LogP contribution in [0.1, 0.15) is 17.7 Å². The molecule has 0 saturated carbocycles. The Morgan fingerprint density at radius 3 is 2.45 bits per heavy atom. The number of carbonyl (C=O) groups excluding carboxylic acids is 1. The van der Waals surface area contributed by atoms with Gasteiger partial charge >= 0.3 is 0 Å². The van der Waals surface area contributed by atoms with Crippen molar-refractivity contribution >= 4 is 27.3 Å². The van der Waals surface area contributed by atoms with Crippen LogP contribution in [-0.2, 0) is 21.4 Å². The minimum absolute atomic E-state index is 0.0272. The van der Waals surface area contributed by atoms with Gasteiger partial charge in [-0.2, -0.15) is 4.31 Å². The molecular formula is C20H24FN3O3S2. The van der Waals surface area contributed by atoms with E-state index in [1.54, 1.807) is 16.2 Å². The molecule has 0 spiro atoms. The molecule has 0 aliphatic carbocycles. The second-order valence-corrected chi connectivity index (χ2v) is 10.3. The Kier molecular flexibility index (Phi) is 6.00. The number of halogens is 1. The molecule has 156 valence electrons. The van der Waals surface area contributed by atoms with Gasteiger partial charge in [-0.05, 0) is 48.6 Å². The zero-order valence-corrected chi connectivity index (χ0v) is 17.7. The van der Waals surface area contributed by atoms with Crippen LogP contribution < -0.4 is 0 Å². The number of carbonyl (C=O) groups is 1. The molecule has 0 N–H and O–H groups in total. The summed E-state index contributed by atoms with van der Waals surface area (Å²) < 4.78 is 40.5. The Bertz CT molecular complexity index is 940. The van der Waals surface area contributed by atoms with Crippen molar-refractivity contribution in [1.82, 2.24) is 14.1 Å². The van der Waals surface area contributed by atoms with Crippen LogP contribution in [0, 0.1) is 5.82 Å². The lowest BCUT2D eigenvalue weighted by Gasteiger charge is -2.37. The molecule has 2 aliphatic rings. The highest BCUT2D eigenvalue weighted by molar-refractivity contribution is 7.89. The molecule has 2 saturated heterocycles. The number of rotatable bonds is 5. The Balaban J connectivity index is 1.41. The highest BCUT2D eigenvalue weighted by Gasteiger charge is 2.41. The first-order valence-corrected chi connectivity index (χ1v) is 12.1. The van der Waals surface area contributed by atoms with Crippen molar-refractivity contribution in [3.8, 4) is 0 Å². The van der Waals surface area contributed by atoms with E-state index in [2.05, 4.69) is 16.3 Å². The van der Waals surface area contributed by atoms with Crippen molar-refractivity contribution in [2.24, 2.45) is 0 Å². The van der Waals surface area contributed by atoms with Crippen molar-refractivity contribution < 1.29 is 17.6 Å². The molecule has 1 aromatic heterocycles. The van der Waals surface area contributed by atoms with E-state index in [-0.39, 0.29) is 10.8 Å². The van der Waals surface area contributed by atoms with E-state index in [1.165, 1.54) is 21.3 Å². The van der Waals surface area contributed by atoms with Gasteiger partial charge in [0.25, 0.3) is 0 Å². The summed E-state index contributed by atoms with van der Waals surface area (Å²) in [5.74, 6) is -0.609. The number of thiophene rings is 1. The van der Waals surface area contributed by atoms with Gasteiger partial charge in [0, 0.05) is 44.1 Å². The highest BCUT2D eigenvalue weighted by Crippen LogP contribution is 2.28. The van der Waals surface area contributed by atoms with Crippen molar-refractivity contribution in [3.63, 3.8) is 0 Å². The first-order valence-electron chi connectivity index (χ1n) is 9.76. The smallest absolute Gasteiger partial charge is 0.243 e. The summed E-state index contributed by atoms with van der Waals surface area (Å²) in [4.78, 5) is 18.5. The maximum Gasteiger partial charge on any atom is 0.243 e. The predicted molar refractivity (Wildman–Crippen MR) is 109 cm³/mol. The summed E-state index contributed by atoms with van der Waals surface area (Å²) in [6, 6.07) is 8.25. The molecule has 9 heteroatoms. The van der Waals surface area contributed by atoms with Crippen LogP contribution in [0.4, 0.5) is 4.39 Å². The van der Waals surface area contributed by atoms with Crippen LogP contribution in [0.3, 0.4) is 0 Å². The van der Waals surface area contributed by atoms with E-state index >= 15 is 0 Å². The average Bonchev–Trinajstić information content (AvgIpc) is 3.41. The standard InChI is InChI=1S/C20H24FN3O3S2/c21-16-5-7-18(8-6-16)29(26,27)24-9-1-4-19(24)20(25)23-12-10-22(11-13-23)15-17-3-2-14-28-17/h2-3,5-8,14,19H,1,4,9-13,15H2. The fourth-order valence-corrected chi connectivity index (χ4v) is 6.37. The number of hydrogen-bond donors (Lipinski definition) is 0. The number of sulfonamides is 1. The first kappa shape index (κ1) is 20.5. The molecule has 1 unspecified atom stereocenters. The van der Waals surface area contributed by atoms with Crippen molar-refractivity contribution in [2.45, 2.75) is 30.3 Å². The third-order valence-electron chi connectivity index (χ3n) is 5.55. The molecule has 2 fully saturated rings. The second-order valence-electron chi connectivity index (χ2n) is 7.41. The van der Waals surface area contributed by atoms with E-state index in [9.17, 15) is 17.6 Å². The SMILES string of the molecule is O=C(C1CCCN1S(=O)(=O)c1ccc(F)cc1)N1CCN(Cc2cccs2)CC1. The van der Waals surface area contributed by atoms with Gasteiger partial charge in [-0.15, -0.1) is 11.3 Å². The summed E-state index contributed by atoms with van der Waals surface area (Å²) in [6.45, 7) is 3.96. The fourth-order valence-electron chi connectivity index (χ4n) is 3.98. The fraction of sp³-hybridized carbons (Fsp3) is 0.450. The molecule has 1 atom stereocenters. The summed E-state index contributed by atoms with van der Waals surface area (Å²) in [6.07, 6.45) is 1.17. The molecule has 2 aliphatic heterocycles. The van der Waals surface area contributed by atoms with E-state index in [0.717, 1.165) is 31.8 Å². The normalized spacial score (nSPS) is 21.6. The third-order valence-corrected chi connectivity index (χ3v) is 8.34. The Morgan fingerprint density at radius 1 is 1.07 bits per heavy atom. The number of hydrogen-bond acceptors (Lipinski definition) is 5. The molecule has 1 amide bonds. The van der Waals surface area contributed by atoms with Crippen molar-refractivity contribution in [1.29, 1.82) is 0 Å². The van der Waals surface area contributed by atoms with Gasteiger partial charge in [0.05, 0.1) is 4.90 Å². The Morgan fingerprint density at radius 2 is 1.79 bits per heavy atom. The van der Waals surface area contributed by atoms with Crippen LogP contribution in [0.15, 0.2) is 46.7 Å². The predicted octanol–water partition coefficient (Wildman–Crippen LogP) is 2.38. The molecule has 2 aromatic rings.